The lowest BCUT2D eigenvalue weighted by molar-refractivity contribution is 0.194. The predicted octanol–water partition coefficient (Wildman–Crippen LogP) is 7.83. The highest BCUT2D eigenvalue weighted by molar-refractivity contribution is 6.09. The molecule has 10 heteroatoms. The van der Waals surface area contributed by atoms with Gasteiger partial charge in [-0.15, -0.1) is 0 Å². The van der Waals surface area contributed by atoms with Crippen LogP contribution in [0.5, 0.6) is 0 Å². The molecule has 0 saturated heterocycles. The Kier molecular flexibility index (Phi) is 17.7. The van der Waals surface area contributed by atoms with Crippen LogP contribution in [0, 0.1) is 0 Å². The first kappa shape index (κ1) is 34.8. The Morgan fingerprint density at radius 1 is 1.13 bits per heavy atom. The van der Waals surface area contributed by atoms with Gasteiger partial charge in [0.25, 0.3) is 12.3 Å². The van der Waals surface area contributed by atoms with Crippen LogP contribution in [0.4, 0.5) is 8.78 Å². The monoisotopic (exact) mass is 542 g/mol. The van der Waals surface area contributed by atoms with Crippen LogP contribution in [0.3, 0.4) is 0 Å². The summed E-state index contributed by atoms with van der Waals surface area (Å²) >= 11 is 0. The number of aromatic nitrogens is 2. The minimum absolute atomic E-state index is 0.173. The molecule has 1 rings (SSSR count). The minimum Gasteiger partial charge on any atom is -0.494 e. The van der Waals surface area contributed by atoms with E-state index in [9.17, 15) is 8.78 Å². The fourth-order valence-corrected chi connectivity index (χ4v) is 2.67. The standard InChI is InChI=1S/C27H34F2N6O2.C2H6/c1-9-23(25(28)29)15-14-22(6)36-18-21(5)24(16-30-7)27-32-26(33-37-27)20(4)13-11-12-19(3)17-35(10-2)34-31-8;1-2/h9-16,25H,1-3,17-18H2,4-8H3;1-2H3/b12-11-,20-13+,22-14+,23-15+,24-21-,30-16?,34-31?;. The Bertz CT molecular complexity index is 1150. The number of rotatable bonds is 15. The Morgan fingerprint density at radius 3 is 2.38 bits per heavy atom. The van der Waals surface area contributed by atoms with E-state index in [0.717, 1.165) is 22.8 Å². The van der Waals surface area contributed by atoms with Gasteiger partial charge in [-0.25, -0.2) is 8.78 Å². The zero-order chi connectivity index (χ0) is 29.8. The van der Waals surface area contributed by atoms with Crippen LogP contribution in [-0.4, -0.2) is 55.0 Å². The molecule has 0 spiro atoms. The summed E-state index contributed by atoms with van der Waals surface area (Å²) in [6.07, 6.45) is 9.92. The van der Waals surface area contributed by atoms with Crippen molar-refractivity contribution in [2.24, 2.45) is 15.3 Å². The third-order valence-electron chi connectivity index (χ3n) is 4.70. The van der Waals surface area contributed by atoms with Gasteiger partial charge >= 0.3 is 0 Å². The van der Waals surface area contributed by atoms with E-state index in [-0.39, 0.29) is 18.1 Å². The summed E-state index contributed by atoms with van der Waals surface area (Å²) in [7, 11) is 3.21. The van der Waals surface area contributed by atoms with Crippen molar-refractivity contribution in [2.75, 3.05) is 27.2 Å². The Hall–Kier alpha value is -4.21. The maximum atomic E-state index is 12.8. The zero-order valence-corrected chi connectivity index (χ0v) is 24.0. The highest BCUT2D eigenvalue weighted by Gasteiger charge is 2.14. The molecule has 8 nitrogen and oxygen atoms in total. The lowest BCUT2D eigenvalue weighted by Crippen LogP contribution is -2.11. The van der Waals surface area contributed by atoms with Crippen molar-refractivity contribution < 1.29 is 18.0 Å². The molecule has 39 heavy (non-hydrogen) atoms. The van der Waals surface area contributed by atoms with E-state index in [1.54, 1.807) is 38.4 Å². The number of alkyl halides is 2. The average molecular weight is 543 g/mol. The maximum absolute atomic E-state index is 12.8. The van der Waals surface area contributed by atoms with Gasteiger partial charge < -0.3 is 9.26 Å². The lowest BCUT2D eigenvalue weighted by Gasteiger charge is -2.11. The highest BCUT2D eigenvalue weighted by atomic mass is 19.3. The molecule has 0 saturated carbocycles. The number of hydrogen-bond donors (Lipinski definition) is 0. The summed E-state index contributed by atoms with van der Waals surface area (Å²) in [5.41, 5.74) is 2.77. The molecule has 0 bridgehead atoms. The quantitative estimate of drug-likeness (QED) is 0.0741. The summed E-state index contributed by atoms with van der Waals surface area (Å²) in [4.78, 5) is 8.55. The van der Waals surface area contributed by atoms with E-state index in [1.807, 2.05) is 45.9 Å². The molecule has 0 unspecified atom stereocenters. The van der Waals surface area contributed by atoms with E-state index >= 15 is 0 Å². The Morgan fingerprint density at radius 2 is 1.82 bits per heavy atom. The SMILES string of the molecule is C=C/C(=C\C=C(/C)OC/C(C)=C(/C=NC)c1nc(/C(C)=C/C=C\C(=C)CN(C=C)N=NC)no1)C(F)F.CC. The molecular weight excluding hydrogens is 502 g/mol. The molecule has 212 valence electrons. The van der Waals surface area contributed by atoms with Gasteiger partial charge in [-0.05, 0) is 43.6 Å². The van der Waals surface area contributed by atoms with Crippen LogP contribution in [0.25, 0.3) is 11.1 Å². The molecule has 1 aromatic rings. The Labute approximate surface area is 230 Å². The van der Waals surface area contributed by atoms with E-state index in [2.05, 4.69) is 45.2 Å². The fourth-order valence-electron chi connectivity index (χ4n) is 2.67. The smallest absolute Gasteiger partial charge is 0.263 e. The average Bonchev–Trinajstić information content (AvgIpc) is 3.41. The summed E-state index contributed by atoms with van der Waals surface area (Å²) in [5, 5.41) is 13.3. The summed E-state index contributed by atoms with van der Waals surface area (Å²) in [5.74, 6) is 1.15. The molecular formula is C29H40F2N6O2. The van der Waals surface area contributed by atoms with Crippen LogP contribution in [0.15, 0.2) is 105 Å². The first-order valence-corrected chi connectivity index (χ1v) is 12.3. The van der Waals surface area contributed by atoms with Gasteiger partial charge in [0.2, 0.25) is 0 Å². The van der Waals surface area contributed by atoms with Gasteiger partial charge in [0.1, 0.15) is 6.61 Å². The van der Waals surface area contributed by atoms with Crippen LogP contribution in [-0.2, 0) is 4.74 Å². The fraction of sp³-hybridized carbons (Fsp3) is 0.345. The molecule has 0 aromatic carbocycles. The van der Waals surface area contributed by atoms with Crippen LogP contribution in [0.1, 0.15) is 46.3 Å². The molecule has 0 radical (unpaired) electrons. The number of hydrogen-bond acceptors (Lipinski definition) is 7. The zero-order valence-electron chi connectivity index (χ0n) is 24.0. The van der Waals surface area contributed by atoms with Gasteiger partial charge in [0.05, 0.1) is 24.9 Å². The van der Waals surface area contributed by atoms with Gasteiger partial charge in [0, 0.05) is 25.0 Å². The normalized spacial score (nSPS) is 13.5. The number of halogens is 2. The van der Waals surface area contributed by atoms with Crippen molar-refractivity contribution in [1.82, 2.24) is 15.1 Å². The highest BCUT2D eigenvalue weighted by Crippen LogP contribution is 2.20. The number of nitrogens with zero attached hydrogens (tertiary/aromatic N) is 6. The molecule has 1 heterocycles. The lowest BCUT2D eigenvalue weighted by atomic mass is 10.1. The number of aliphatic imine (C=N–C) groups is 1. The van der Waals surface area contributed by atoms with Crippen molar-refractivity contribution in [3.8, 4) is 0 Å². The molecule has 0 fully saturated rings. The Balaban J connectivity index is 0.00000704. The van der Waals surface area contributed by atoms with E-state index in [0.29, 0.717) is 23.7 Å². The van der Waals surface area contributed by atoms with Crippen molar-refractivity contribution in [3.05, 3.63) is 96.6 Å². The molecule has 0 aliphatic carbocycles. The van der Waals surface area contributed by atoms with Gasteiger partial charge in [0.15, 0.2) is 5.82 Å². The van der Waals surface area contributed by atoms with E-state index in [4.69, 9.17) is 9.26 Å². The van der Waals surface area contributed by atoms with Crippen LogP contribution >= 0.6 is 0 Å². The number of ether oxygens (including phenoxy) is 1. The predicted molar refractivity (Wildman–Crippen MR) is 156 cm³/mol. The topological polar surface area (TPSA) is 88.5 Å². The van der Waals surface area contributed by atoms with Crippen molar-refractivity contribution in [2.45, 2.75) is 41.0 Å². The molecule has 1 aromatic heterocycles. The molecule has 0 aliphatic heterocycles. The second-order valence-electron chi connectivity index (χ2n) is 7.68. The third kappa shape index (κ3) is 13.2. The van der Waals surface area contributed by atoms with Gasteiger partial charge in [-0.2, -0.15) is 10.1 Å². The van der Waals surface area contributed by atoms with Crippen molar-refractivity contribution in [3.63, 3.8) is 0 Å². The van der Waals surface area contributed by atoms with Crippen molar-refractivity contribution >= 4 is 17.4 Å². The van der Waals surface area contributed by atoms with Crippen LogP contribution in [0.2, 0.25) is 0 Å². The summed E-state index contributed by atoms with van der Waals surface area (Å²) in [6.45, 7) is 21.0. The molecule has 0 aliphatic rings. The van der Waals surface area contributed by atoms with Crippen LogP contribution < -0.4 is 0 Å². The molecule has 0 atom stereocenters. The minimum atomic E-state index is -2.60. The van der Waals surface area contributed by atoms with Gasteiger partial charge in [-0.1, -0.05) is 74.3 Å². The second kappa shape index (κ2) is 19.8. The number of allylic oxidation sites excluding steroid dienone is 9. The third-order valence-corrected chi connectivity index (χ3v) is 4.70. The summed E-state index contributed by atoms with van der Waals surface area (Å²) in [6, 6.07) is 0. The first-order chi connectivity index (χ1) is 18.7. The van der Waals surface area contributed by atoms with E-state index in [1.165, 1.54) is 12.2 Å². The van der Waals surface area contributed by atoms with Crippen molar-refractivity contribution in [1.29, 1.82) is 0 Å². The first-order valence-electron chi connectivity index (χ1n) is 12.3. The summed E-state index contributed by atoms with van der Waals surface area (Å²) < 4.78 is 36.8. The van der Waals surface area contributed by atoms with Gasteiger partial charge in [-0.3, -0.25) is 10.0 Å². The maximum Gasteiger partial charge on any atom is 0.263 e. The largest absolute Gasteiger partial charge is 0.494 e. The molecule has 0 amide bonds. The second-order valence-corrected chi connectivity index (χ2v) is 7.68. The molecule has 0 N–H and O–H groups in total. The van der Waals surface area contributed by atoms with E-state index < -0.39 is 6.43 Å².